The Morgan fingerprint density at radius 2 is 1.85 bits per heavy atom. The minimum atomic E-state index is -3.26. The molecule has 0 aromatic heterocycles. The van der Waals surface area contributed by atoms with E-state index in [0.717, 1.165) is 0 Å². The summed E-state index contributed by atoms with van der Waals surface area (Å²) >= 11 is 0. The molecule has 0 spiro atoms. The van der Waals surface area contributed by atoms with Crippen LogP contribution in [0, 0.1) is 0 Å². The predicted molar refractivity (Wildman–Crippen MR) is 48.4 cm³/mol. The van der Waals surface area contributed by atoms with Crippen LogP contribution in [0.25, 0.3) is 0 Å². The van der Waals surface area contributed by atoms with Crippen molar-refractivity contribution in [2.24, 2.45) is 0 Å². The molecule has 0 fully saturated rings. The zero-order chi connectivity index (χ0) is 9.03. The topological polar surface area (TPSA) is 46.2 Å². The van der Waals surface area contributed by atoms with Crippen molar-refractivity contribution in [2.75, 3.05) is 6.54 Å². The Hall–Kier alpha value is 0.130. The number of hydrogen-bond acceptors (Lipinski definition) is 2. The molecule has 0 aliphatic carbocycles. The normalized spacial score (nSPS) is 10.5. The van der Waals surface area contributed by atoms with Gasteiger partial charge in [0.1, 0.15) is 0 Å². The second kappa shape index (κ2) is 5.78. The first-order valence-corrected chi connectivity index (χ1v) is 5.20. The van der Waals surface area contributed by atoms with Crippen molar-refractivity contribution in [3.05, 3.63) is 30.3 Å². The molecule has 0 bridgehead atoms. The first-order chi connectivity index (χ1) is 5.67. The van der Waals surface area contributed by atoms with Gasteiger partial charge in [-0.1, -0.05) is 25.1 Å². The summed E-state index contributed by atoms with van der Waals surface area (Å²) in [6, 6.07) is 8.31. The smallest absolute Gasteiger partial charge is 1.00 e. The molecule has 0 heterocycles. The minimum absolute atomic E-state index is 0. The van der Waals surface area contributed by atoms with E-state index in [2.05, 4.69) is 4.72 Å². The van der Waals surface area contributed by atoms with E-state index in [4.69, 9.17) is 0 Å². The molecule has 0 aliphatic heterocycles. The Labute approximate surface area is 102 Å². The molecule has 5 heteroatoms. The van der Waals surface area contributed by atoms with Gasteiger partial charge in [-0.15, -0.1) is 0 Å². The maximum Gasteiger partial charge on any atom is 1.00 e. The van der Waals surface area contributed by atoms with Crippen LogP contribution in [-0.4, -0.2) is 15.0 Å². The first kappa shape index (κ1) is 13.1. The van der Waals surface area contributed by atoms with Crippen molar-refractivity contribution in [1.82, 2.24) is 4.72 Å². The molecule has 0 aliphatic rings. The quantitative estimate of drug-likeness (QED) is 0.591. The van der Waals surface area contributed by atoms with Gasteiger partial charge in [-0.25, -0.2) is 13.1 Å². The number of benzene rings is 1. The largest absolute Gasteiger partial charge is 1.00 e. The van der Waals surface area contributed by atoms with Crippen LogP contribution < -0.4 is 34.3 Å². The molecule has 68 valence electrons. The van der Waals surface area contributed by atoms with E-state index in [0.29, 0.717) is 11.4 Å². The molecule has 0 unspecified atom stereocenters. The number of sulfonamides is 1. The second-order valence-corrected chi connectivity index (χ2v) is 4.08. The van der Waals surface area contributed by atoms with Crippen LogP contribution >= 0.6 is 0 Å². The number of hydrogen-bond donors (Lipinski definition) is 1. The van der Waals surface area contributed by atoms with Crippen LogP contribution in [0.1, 0.15) is 8.35 Å². The first-order valence-electron chi connectivity index (χ1n) is 3.71. The molecule has 0 saturated heterocycles. The fourth-order valence-corrected chi connectivity index (χ4v) is 1.94. The van der Waals surface area contributed by atoms with E-state index in [1.54, 1.807) is 37.3 Å². The van der Waals surface area contributed by atoms with Crippen molar-refractivity contribution >= 4 is 10.0 Å². The van der Waals surface area contributed by atoms with Crippen molar-refractivity contribution < 1.29 is 39.4 Å². The Kier molecular flexibility index (Phi) is 5.83. The van der Waals surface area contributed by atoms with Crippen molar-refractivity contribution in [3.8, 4) is 0 Å². The van der Waals surface area contributed by atoms with Crippen LogP contribution in [0.4, 0.5) is 0 Å². The van der Waals surface area contributed by atoms with Gasteiger partial charge in [0, 0.05) is 6.54 Å². The van der Waals surface area contributed by atoms with Crippen molar-refractivity contribution in [2.45, 2.75) is 11.8 Å². The summed E-state index contributed by atoms with van der Waals surface area (Å²) in [6.45, 7) is 2.16. The van der Waals surface area contributed by atoms with Gasteiger partial charge in [0.2, 0.25) is 10.0 Å². The SMILES string of the molecule is CCNS(=O)(=O)c1ccccc1.[H-].[Na+]. The molecule has 1 rings (SSSR count). The molecule has 1 aromatic carbocycles. The molecule has 0 atom stereocenters. The third kappa shape index (κ3) is 3.79. The second-order valence-electron chi connectivity index (χ2n) is 2.31. The average Bonchev–Trinajstić information content (AvgIpc) is 2.06. The van der Waals surface area contributed by atoms with Gasteiger partial charge in [-0.2, -0.15) is 0 Å². The summed E-state index contributed by atoms with van der Waals surface area (Å²) in [4.78, 5) is 0.312. The predicted octanol–water partition coefficient (Wildman–Crippen LogP) is -1.90. The summed E-state index contributed by atoms with van der Waals surface area (Å²) in [6.07, 6.45) is 0. The summed E-state index contributed by atoms with van der Waals surface area (Å²) < 4.78 is 25.1. The molecular formula is C8H12NNaO2S. The standard InChI is InChI=1S/C8H11NO2S.Na.H/c1-2-9-12(10,11)8-6-4-3-5-7-8;;/h3-7,9H,2H2,1H3;;/q;+1;-1. The van der Waals surface area contributed by atoms with E-state index in [-0.39, 0.29) is 31.0 Å². The van der Waals surface area contributed by atoms with Crippen LogP contribution in [0.5, 0.6) is 0 Å². The molecule has 1 aromatic rings. The number of nitrogens with one attached hydrogen (secondary N) is 1. The van der Waals surface area contributed by atoms with Crippen LogP contribution in [0.2, 0.25) is 0 Å². The van der Waals surface area contributed by atoms with Gasteiger partial charge >= 0.3 is 29.6 Å². The minimum Gasteiger partial charge on any atom is -1.00 e. The van der Waals surface area contributed by atoms with Gasteiger partial charge in [-0.3, -0.25) is 0 Å². The Balaban J connectivity index is 0. The van der Waals surface area contributed by atoms with E-state index in [1.165, 1.54) is 0 Å². The van der Waals surface area contributed by atoms with Gasteiger partial charge in [0.05, 0.1) is 4.90 Å². The Bertz CT molecular complexity index is 342. The maximum absolute atomic E-state index is 11.3. The molecule has 1 N–H and O–H groups in total. The maximum atomic E-state index is 11.3. The average molecular weight is 209 g/mol. The fourth-order valence-electron chi connectivity index (χ4n) is 0.873. The van der Waals surface area contributed by atoms with E-state index < -0.39 is 10.0 Å². The summed E-state index contributed by atoms with van der Waals surface area (Å²) in [5.74, 6) is 0. The van der Waals surface area contributed by atoms with E-state index in [9.17, 15) is 8.42 Å². The van der Waals surface area contributed by atoms with Crippen LogP contribution in [0.15, 0.2) is 35.2 Å². The Morgan fingerprint density at radius 1 is 1.31 bits per heavy atom. The third-order valence-electron chi connectivity index (χ3n) is 1.39. The number of rotatable bonds is 3. The molecule has 0 radical (unpaired) electrons. The van der Waals surface area contributed by atoms with Gasteiger partial charge < -0.3 is 1.43 Å². The summed E-state index contributed by atoms with van der Waals surface area (Å²) in [7, 11) is -3.26. The fraction of sp³-hybridized carbons (Fsp3) is 0.250. The van der Waals surface area contributed by atoms with Gasteiger partial charge in [-0.05, 0) is 12.1 Å². The van der Waals surface area contributed by atoms with Crippen molar-refractivity contribution in [1.29, 1.82) is 0 Å². The van der Waals surface area contributed by atoms with Crippen LogP contribution in [-0.2, 0) is 10.0 Å². The molecule has 0 amide bonds. The van der Waals surface area contributed by atoms with E-state index >= 15 is 0 Å². The molecule has 3 nitrogen and oxygen atoms in total. The molecular weight excluding hydrogens is 197 g/mol. The summed E-state index contributed by atoms with van der Waals surface area (Å²) in [5, 5.41) is 0. The Morgan fingerprint density at radius 3 is 2.31 bits per heavy atom. The van der Waals surface area contributed by atoms with Crippen LogP contribution in [0.3, 0.4) is 0 Å². The third-order valence-corrected chi connectivity index (χ3v) is 2.95. The van der Waals surface area contributed by atoms with Gasteiger partial charge in [0.15, 0.2) is 0 Å². The van der Waals surface area contributed by atoms with E-state index in [1.807, 2.05) is 0 Å². The molecule has 13 heavy (non-hydrogen) atoms. The zero-order valence-corrected chi connectivity index (χ0v) is 10.6. The van der Waals surface area contributed by atoms with Gasteiger partial charge in [0.25, 0.3) is 0 Å². The zero-order valence-electron chi connectivity index (χ0n) is 8.82. The molecule has 0 saturated carbocycles. The summed E-state index contributed by atoms with van der Waals surface area (Å²) in [5.41, 5.74) is 0. The van der Waals surface area contributed by atoms with Crippen molar-refractivity contribution in [3.63, 3.8) is 0 Å². The monoisotopic (exact) mass is 209 g/mol.